The average molecular weight is 231 g/mol. The van der Waals surface area contributed by atoms with E-state index in [9.17, 15) is 9.90 Å². The molecule has 0 saturated carbocycles. The van der Waals surface area contributed by atoms with Gasteiger partial charge >= 0.3 is 6.09 Å². The highest BCUT2D eigenvalue weighted by Gasteiger charge is 2.23. The summed E-state index contributed by atoms with van der Waals surface area (Å²) in [7, 11) is 0. The molecule has 1 unspecified atom stereocenters. The molecule has 2 N–H and O–H groups in total. The third-order valence-electron chi connectivity index (χ3n) is 1.96. The summed E-state index contributed by atoms with van der Waals surface area (Å²) >= 11 is 0. The van der Waals surface area contributed by atoms with E-state index in [1.807, 2.05) is 34.6 Å². The zero-order valence-corrected chi connectivity index (χ0v) is 11.3. The second kappa shape index (κ2) is 5.53. The summed E-state index contributed by atoms with van der Waals surface area (Å²) in [6.45, 7) is 11.7. The molecule has 0 radical (unpaired) electrons. The number of nitrogens with one attached hydrogen (secondary N) is 1. The highest BCUT2D eigenvalue weighted by molar-refractivity contribution is 5.67. The molecule has 1 atom stereocenters. The fourth-order valence-electron chi connectivity index (χ4n) is 1.50. The highest BCUT2D eigenvalue weighted by Crippen LogP contribution is 2.21. The van der Waals surface area contributed by atoms with Gasteiger partial charge in [-0.3, -0.25) is 0 Å². The van der Waals surface area contributed by atoms with Gasteiger partial charge in [-0.25, -0.2) is 4.79 Å². The van der Waals surface area contributed by atoms with Crippen LogP contribution in [0.25, 0.3) is 0 Å². The number of rotatable bonds is 4. The lowest BCUT2D eigenvalue weighted by Crippen LogP contribution is -2.39. The molecule has 0 fully saturated rings. The molecule has 0 aromatic carbocycles. The molecule has 0 aliphatic rings. The number of aliphatic hydroxyl groups is 1. The lowest BCUT2D eigenvalue weighted by atomic mass is 9.87. The predicted molar refractivity (Wildman–Crippen MR) is 64.3 cm³/mol. The van der Waals surface area contributed by atoms with Crippen LogP contribution in [0.15, 0.2) is 0 Å². The van der Waals surface area contributed by atoms with Gasteiger partial charge in [0, 0.05) is 6.54 Å². The van der Waals surface area contributed by atoms with Crippen LogP contribution >= 0.6 is 0 Å². The van der Waals surface area contributed by atoms with Gasteiger partial charge in [0.05, 0.1) is 6.10 Å². The van der Waals surface area contributed by atoms with Crippen LogP contribution in [0.4, 0.5) is 4.79 Å². The minimum absolute atomic E-state index is 0.134. The van der Waals surface area contributed by atoms with Gasteiger partial charge in [-0.05, 0) is 39.5 Å². The lowest BCUT2D eigenvalue weighted by molar-refractivity contribution is 0.0486. The van der Waals surface area contributed by atoms with Crippen molar-refractivity contribution in [3.8, 4) is 0 Å². The number of amides is 1. The summed E-state index contributed by atoms with van der Waals surface area (Å²) in [6, 6.07) is 0. The number of hydrogen-bond acceptors (Lipinski definition) is 3. The Morgan fingerprint density at radius 2 is 1.81 bits per heavy atom. The molecule has 0 heterocycles. The highest BCUT2D eigenvalue weighted by atomic mass is 16.6. The van der Waals surface area contributed by atoms with Crippen LogP contribution in [0.5, 0.6) is 0 Å². The fraction of sp³-hybridized carbons (Fsp3) is 0.917. The summed E-state index contributed by atoms with van der Waals surface area (Å²) in [5.74, 6) is 0. The molecule has 0 aromatic rings. The van der Waals surface area contributed by atoms with E-state index in [1.54, 1.807) is 6.92 Å². The van der Waals surface area contributed by atoms with E-state index in [0.29, 0.717) is 13.0 Å². The standard InChI is InChI=1S/C12H25NO3/c1-9(14)7-12(5,6)8-13-10(15)16-11(2,3)4/h9,14H,7-8H2,1-6H3,(H,13,15). The number of alkyl carbamates (subject to hydrolysis) is 1. The quantitative estimate of drug-likeness (QED) is 0.780. The van der Waals surface area contributed by atoms with Crippen LogP contribution < -0.4 is 5.32 Å². The SMILES string of the molecule is CC(O)CC(C)(C)CNC(=O)OC(C)(C)C. The normalized spacial score (nSPS) is 14.4. The van der Waals surface area contributed by atoms with Crippen LogP contribution in [0, 0.1) is 5.41 Å². The number of carbonyl (C=O) groups excluding carboxylic acids is 1. The van der Waals surface area contributed by atoms with E-state index in [-0.39, 0.29) is 11.5 Å². The Bertz CT molecular complexity index is 229. The van der Waals surface area contributed by atoms with E-state index in [1.165, 1.54) is 0 Å². The third kappa shape index (κ3) is 8.53. The van der Waals surface area contributed by atoms with E-state index >= 15 is 0 Å². The van der Waals surface area contributed by atoms with Crippen molar-refractivity contribution in [1.29, 1.82) is 0 Å². The molecular formula is C12H25NO3. The van der Waals surface area contributed by atoms with Crippen molar-refractivity contribution >= 4 is 6.09 Å². The molecular weight excluding hydrogens is 206 g/mol. The van der Waals surface area contributed by atoms with Crippen molar-refractivity contribution in [2.45, 2.75) is 59.7 Å². The largest absolute Gasteiger partial charge is 0.444 e. The average Bonchev–Trinajstić information content (AvgIpc) is 1.95. The molecule has 0 bridgehead atoms. The van der Waals surface area contributed by atoms with Gasteiger partial charge < -0.3 is 15.2 Å². The third-order valence-corrected chi connectivity index (χ3v) is 1.96. The molecule has 0 aliphatic carbocycles. The first kappa shape index (κ1) is 15.2. The Kier molecular flexibility index (Phi) is 5.26. The maximum Gasteiger partial charge on any atom is 0.407 e. The molecule has 96 valence electrons. The van der Waals surface area contributed by atoms with Gasteiger partial charge in [-0.1, -0.05) is 13.8 Å². The second-order valence-electron chi connectivity index (χ2n) is 6.07. The first-order valence-corrected chi connectivity index (χ1v) is 5.67. The van der Waals surface area contributed by atoms with Crippen LogP contribution in [-0.2, 0) is 4.74 Å². The zero-order valence-electron chi connectivity index (χ0n) is 11.3. The lowest BCUT2D eigenvalue weighted by Gasteiger charge is -2.27. The van der Waals surface area contributed by atoms with Gasteiger partial charge in [-0.15, -0.1) is 0 Å². The molecule has 1 amide bonds. The van der Waals surface area contributed by atoms with Gasteiger partial charge in [0.1, 0.15) is 5.60 Å². The molecule has 0 aromatic heterocycles. The summed E-state index contributed by atoms with van der Waals surface area (Å²) in [6.07, 6.45) is -0.135. The smallest absolute Gasteiger partial charge is 0.407 e. The van der Waals surface area contributed by atoms with E-state index in [0.717, 1.165) is 0 Å². The van der Waals surface area contributed by atoms with Crippen molar-refractivity contribution in [2.24, 2.45) is 5.41 Å². The van der Waals surface area contributed by atoms with Crippen LogP contribution in [0.3, 0.4) is 0 Å². The number of hydrogen-bond donors (Lipinski definition) is 2. The summed E-state index contributed by atoms with van der Waals surface area (Å²) in [5, 5.41) is 12.0. The number of aliphatic hydroxyl groups excluding tert-OH is 1. The van der Waals surface area contributed by atoms with Crippen LogP contribution in [0.2, 0.25) is 0 Å². The Morgan fingerprint density at radius 3 is 2.19 bits per heavy atom. The number of carbonyl (C=O) groups is 1. The van der Waals surface area contributed by atoms with Crippen molar-refractivity contribution in [3.63, 3.8) is 0 Å². The van der Waals surface area contributed by atoms with Crippen molar-refractivity contribution < 1.29 is 14.6 Å². The summed E-state index contributed by atoms with van der Waals surface area (Å²) in [5.41, 5.74) is -0.608. The minimum atomic E-state index is -0.474. The summed E-state index contributed by atoms with van der Waals surface area (Å²) < 4.78 is 5.13. The van der Waals surface area contributed by atoms with E-state index in [2.05, 4.69) is 5.32 Å². The number of ether oxygens (including phenoxy) is 1. The molecule has 4 heteroatoms. The van der Waals surface area contributed by atoms with Crippen LogP contribution in [-0.4, -0.2) is 29.4 Å². The first-order valence-electron chi connectivity index (χ1n) is 5.67. The molecule has 4 nitrogen and oxygen atoms in total. The second-order valence-corrected chi connectivity index (χ2v) is 6.07. The van der Waals surface area contributed by atoms with Gasteiger partial charge in [0.2, 0.25) is 0 Å². The van der Waals surface area contributed by atoms with Gasteiger partial charge in [-0.2, -0.15) is 0 Å². The maximum absolute atomic E-state index is 11.4. The topological polar surface area (TPSA) is 58.6 Å². The van der Waals surface area contributed by atoms with E-state index < -0.39 is 11.7 Å². The molecule has 0 saturated heterocycles. The van der Waals surface area contributed by atoms with E-state index in [4.69, 9.17) is 4.74 Å². The van der Waals surface area contributed by atoms with Gasteiger partial charge in [0.15, 0.2) is 0 Å². The predicted octanol–water partition coefficient (Wildman–Crippen LogP) is 2.31. The Morgan fingerprint density at radius 1 is 1.31 bits per heavy atom. The monoisotopic (exact) mass is 231 g/mol. The van der Waals surface area contributed by atoms with Crippen molar-refractivity contribution in [1.82, 2.24) is 5.32 Å². The first-order chi connectivity index (χ1) is 7.02. The molecule has 0 spiro atoms. The Hall–Kier alpha value is -0.770. The fourth-order valence-corrected chi connectivity index (χ4v) is 1.50. The Balaban J connectivity index is 4.00. The van der Waals surface area contributed by atoms with Crippen LogP contribution in [0.1, 0.15) is 48.0 Å². The molecule has 0 aliphatic heterocycles. The van der Waals surface area contributed by atoms with Crippen molar-refractivity contribution in [2.75, 3.05) is 6.54 Å². The maximum atomic E-state index is 11.4. The Labute approximate surface area is 98.4 Å². The zero-order chi connectivity index (χ0) is 13.0. The van der Waals surface area contributed by atoms with Crippen molar-refractivity contribution in [3.05, 3.63) is 0 Å². The minimum Gasteiger partial charge on any atom is -0.444 e. The van der Waals surface area contributed by atoms with Gasteiger partial charge in [0.25, 0.3) is 0 Å². The molecule has 0 rings (SSSR count). The molecule has 16 heavy (non-hydrogen) atoms. The summed E-state index contributed by atoms with van der Waals surface area (Å²) in [4.78, 5) is 11.4.